The minimum absolute atomic E-state index is 0.0742. The van der Waals surface area contributed by atoms with Gasteiger partial charge in [0.15, 0.2) is 0 Å². The molecule has 3 heterocycles. The lowest BCUT2D eigenvalue weighted by molar-refractivity contribution is 0.0733. The van der Waals surface area contributed by atoms with Crippen molar-refractivity contribution in [2.75, 3.05) is 19.8 Å². The standard InChI is InChI=1S/C17H19N3O2/c21-17(15-9-18-19-16(15)14-6-8-22-11-14)20-7-5-12-3-1-2-4-13(12)10-20/h1-4,9,14H,5-8,10-11H2,(H,18,19)/t14-/m0/s1. The molecule has 0 unspecified atom stereocenters. The highest BCUT2D eigenvalue weighted by molar-refractivity contribution is 5.95. The minimum Gasteiger partial charge on any atom is -0.381 e. The zero-order chi connectivity index (χ0) is 14.9. The van der Waals surface area contributed by atoms with Crippen LogP contribution < -0.4 is 0 Å². The molecule has 1 atom stereocenters. The third kappa shape index (κ3) is 2.31. The number of hydrogen-bond donors (Lipinski definition) is 1. The Morgan fingerprint density at radius 2 is 2.18 bits per heavy atom. The van der Waals surface area contributed by atoms with Gasteiger partial charge in [0, 0.05) is 25.6 Å². The molecule has 0 bridgehead atoms. The van der Waals surface area contributed by atoms with Crippen molar-refractivity contribution in [3.63, 3.8) is 0 Å². The number of aromatic nitrogens is 2. The van der Waals surface area contributed by atoms with E-state index in [1.54, 1.807) is 6.20 Å². The van der Waals surface area contributed by atoms with Gasteiger partial charge in [0.25, 0.3) is 5.91 Å². The monoisotopic (exact) mass is 297 g/mol. The highest BCUT2D eigenvalue weighted by Crippen LogP contribution is 2.28. The lowest BCUT2D eigenvalue weighted by Crippen LogP contribution is -2.36. The van der Waals surface area contributed by atoms with Crippen LogP contribution in [0.3, 0.4) is 0 Å². The maximum Gasteiger partial charge on any atom is 0.257 e. The average Bonchev–Trinajstić information content (AvgIpc) is 3.24. The van der Waals surface area contributed by atoms with Crippen molar-refractivity contribution in [2.24, 2.45) is 0 Å². The predicted molar refractivity (Wildman–Crippen MR) is 81.7 cm³/mol. The number of nitrogens with one attached hydrogen (secondary N) is 1. The van der Waals surface area contributed by atoms with E-state index >= 15 is 0 Å². The van der Waals surface area contributed by atoms with Crippen LogP contribution in [-0.4, -0.2) is 40.8 Å². The van der Waals surface area contributed by atoms with Gasteiger partial charge in [-0.05, 0) is 24.0 Å². The average molecular weight is 297 g/mol. The molecular weight excluding hydrogens is 278 g/mol. The second kappa shape index (κ2) is 5.57. The summed E-state index contributed by atoms with van der Waals surface area (Å²) < 4.78 is 5.43. The first-order valence-corrected chi connectivity index (χ1v) is 7.80. The van der Waals surface area contributed by atoms with Crippen molar-refractivity contribution in [1.82, 2.24) is 15.1 Å². The number of H-pyrrole nitrogens is 1. The maximum absolute atomic E-state index is 12.9. The molecule has 1 N–H and O–H groups in total. The molecule has 22 heavy (non-hydrogen) atoms. The molecule has 1 amide bonds. The van der Waals surface area contributed by atoms with Gasteiger partial charge >= 0.3 is 0 Å². The SMILES string of the molecule is O=C(c1cn[nH]c1[C@H]1CCOC1)N1CCc2ccccc2C1. The van der Waals surface area contributed by atoms with Crippen LogP contribution in [0.1, 0.15) is 39.5 Å². The molecule has 2 aliphatic heterocycles. The van der Waals surface area contributed by atoms with Gasteiger partial charge in [-0.3, -0.25) is 9.89 Å². The molecule has 0 radical (unpaired) electrons. The summed E-state index contributed by atoms with van der Waals surface area (Å²) in [4.78, 5) is 14.8. The zero-order valence-corrected chi connectivity index (χ0v) is 12.4. The van der Waals surface area contributed by atoms with Crippen LogP contribution in [-0.2, 0) is 17.7 Å². The van der Waals surface area contributed by atoms with Crippen LogP contribution in [0.4, 0.5) is 0 Å². The van der Waals surface area contributed by atoms with E-state index in [-0.39, 0.29) is 11.8 Å². The molecule has 4 rings (SSSR count). The van der Waals surface area contributed by atoms with E-state index in [9.17, 15) is 4.79 Å². The van der Waals surface area contributed by atoms with Gasteiger partial charge in [-0.1, -0.05) is 24.3 Å². The summed E-state index contributed by atoms with van der Waals surface area (Å²) in [6.07, 6.45) is 3.53. The second-order valence-corrected chi connectivity index (χ2v) is 6.00. The number of benzene rings is 1. The van der Waals surface area contributed by atoms with Crippen molar-refractivity contribution in [2.45, 2.75) is 25.3 Å². The normalized spacial score (nSPS) is 20.9. The highest BCUT2D eigenvalue weighted by Gasteiger charge is 2.29. The number of nitrogens with zero attached hydrogens (tertiary/aromatic N) is 2. The third-order valence-corrected chi connectivity index (χ3v) is 4.66. The Balaban J connectivity index is 1.57. The quantitative estimate of drug-likeness (QED) is 0.923. The largest absolute Gasteiger partial charge is 0.381 e. The minimum atomic E-state index is 0.0742. The van der Waals surface area contributed by atoms with Gasteiger partial charge in [-0.25, -0.2) is 0 Å². The van der Waals surface area contributed by atoms with Crippen LogP contribution in [0.25, 0.3) is 0 Å². The van der Waals surface area contributed by atoms with Gasteiger partial charge in [-0.2, -0.15) is 5.10 Å². The number of aromatic amines is 1. The summed E-state index contributed by atoms with van der Waals surface area (Å²) in [5, 5.41) is 7.11. The van der Waals surface area contributed by atoms with E-state index in [1.165, 1.54) is 11.1 Å². The molecule has 5 nitrogen and oxygen atoms in total. The number of hydrogen-bond acceptors (Lipinski definition) is 3. The number of ether oxygens (including phenoxy) is 1. The third-order valence-electron chi connectivity index (χ3n) is 4.66. The Bertz CT molecular complexity index is 689. The molecule has 114 valence electrons. The second-order valence-electron chi connectivity index (χ2n) is 6.00. The Hall–Kier alpha value is -2.14. The fourth-order valence-electron chi connectivity index (χ4n) is 3.38. The van der Waals surface area contributed by atoms with Crippen molar-refractivity contribution >= 4 is 5.91 Å². The first-order chi connectivity index (χ1) is 10.8. The van der Waals surface area contributed by atoms with Gasteiger partial charge in [-0.15, -0.1) is 0 Å². The van der Waals surface area contributed by atoms with Crippen LogP contribution in [0.2, 0.25) is 0 Å². The first-order valence-electron chi connectivity index (χ1n) is 7.80. The van der Waals surface area contributed by atoms with E-state index in [0.717, 1.165) is 31.7 Å². The van der Waals surface area contributed by atoms with E-state index < -0.39 is 0 Å². The molecule has 0 spiro atoms. The van der Waals surface area contributed by atoms with E-state index in [0.29, 0.717) is 18.7 Å². The Kier molecular flexibility index (Phi) is 3.42. The lowest BCUT2D eigenvalue weighted by Gasteiger charge is -2.29. The number of fused-ring (bicyclic) bond motifs is 1. The topological polar surface area (TPSA) is 58.2 Å². The summed E-state index contributed by atoms with van der Waals surface area (Å²) in [5.74, 6) is 0.337. The molecule has 0 aliphatic carbocycles. The summed E-state index contributed by atoms with van der Waals surface area (Å²) in [6, 6.07) is 8.35. The number of amides is 1. The maximum atomic E-state index is 12.9. The van der Waals surface area contributed by atoms with Crippen molar-refractivity contribution < 1.29 is 9.53 Å². The highest BCUT2D eigenvalue weighted by atomic mass is 16.5. The van der Waals surface area contributed by atoms with Crippen LogP contribution in [0.15, 0.2) is 30.5 Å². The van der Waals surface area contributed by atoms with Crippen LogP contribution in [0, 0.1) is 0 Å². The van der Waals surface area contributed by atoms with Gasteiger partial charge in [0.1, 0.15) is 0 Å². The molecule has 1 aromatic carbocycles. The van der Waals surface area contributed by atoms with Crippen LogP contribution in [0.5, 0.6) is 0 Å². The molecule has 2 aromatic rings. The van der Waals surface area contributed by atoms with E-state index in [1.807, 2.05) is 11.0 Å². The molecule has 2 aliphatic rings. The summed E-state index contributed by atoms with van der Waals surface area (Å²) in [7, 11) is 0. The number of carbonyl (C=O) groups excluding carboxylic acids is 1. The lowest BCUT2D eigenvalue weighted by atomic mass is 9.97. The molecular formula is C17H19N3O2. The molecule has 0 saturated carbocycles. The Morgan fingerprint density at radius 3 is 3.00 bits per heavy atom. The zero-order valence-electron chi connectivity index (χ0n) is 12.4. The number of carbonyl (C=O) groups is 1. The molecule has 5 heteroatoms. The Morgan fingerprint density at radius 1 is 1.32 bits per heavy atom. The van der Waals surface area contributed by atoms with Gasteiger partial charge in [0.05, 0.1) is 24.1 Å². The van der Waals surface area contributed by atoms with Crippen molar-refractivity contribution in [1.29, 1.82) is 0 Å². The Labute approximate surface area is 129 Å². The van der Waals surface area contributed by atoms with Crippen molar-refractivity contribution in [3.05, 3.63) is 52.8 Å². The molecule has 1 aromatic heterocycles. The van der Waals surface area contributed by atoms with E-state index in [4.69, 9.17) is 4.74 Å². The summed E-state index contributed by atoms with van der Waals surface area (Å²) in [5.41, 5.74) is 4.23. The first kappa shape index (κ1) is 13.5. The fraction of sp³-hybridized carbons (Fsp3) is 0.412. The summed E-state index contributed by atoms with van der Waals surface area (Å²) in [6.45, 7) is 2.88. The predicted octanol–water partition coefficient (Wildman–Crippen LogP) is 2.11. The fourth-order valence-corrected chi connectivity index (χ4v) is 3.38. The van der Waals surface area contributed by atoms with E-state index in [2.05, 4.69) is 28.4 Å². The van der Waals surface area contributed by atoms with Gasteiger partial charge < -0.3 is 9.64 Å². The number of rotatable bonds is 2. The molecule has 1 saturated heterocycles. The van der Waals surface area contributed by atoms with Gasteiger partial charge in [0.2, 0.25) is 0 Å². The molecule has 1 fully saturated rings. The smallest absolute Gasteiger partial charge is 0.257 e. The summed E-state index contributed by atoms with van der Waals surface area (Å²) >= 11 is 0. The van der Waals surface area contributed by atoms with Crippen molar-refractivity contribution in [3.8, 4) is 0 Å². The van der Waals surface area contributed by atoms with Crippen LogP contribution >= 0.6 is 0 Å².